The van der Waals surface area contributed by atoms with Gasteiger partial charge in [-0.1, -0.05) is 30.3 Å². The molecule has 0 aliphatic rings. The van der Waals surface area contributed by atoms with Gasteiger partial charge < -0.3 is 10.6 Å². The van der Waals surface area contributed by atoms with Crippen molar-refractivity contribution >= 4 is 5.91 Å². The average molecular weight is 234 g/mol. The fourth-order valence-corrected chi connectivity index (χ4v) is 1.73. The van der Waals surface area contributed by atoms with Crippen LogP contribution in [-0.2, 0) is 11.2 Å². The van der Waals surface area contributed by atoms with E-state index in [0.717, 1.165) is 25.8 Å². The number of nitrogens with one attached hydrogen (secondary N) is 2. The fraction of sp³-hybridized carbons (Fsp3) is 0.500. The van der Waals surface area contributed by atoms with Crippen LogP contribution in [-0.4, -0.2) is 25.5 Å². The summed E-state index contributed by atoms with van der Waals surface area (Å²) in [4.78, 5) is 11.2. The number of hydrogen-bond donors (Lipinski definition) is 2. The van der Waals surface area contributed by atoms with Crippen LogP contribution in [0.3, 0.4) is 0 Å². The lowest BCUT2D eigenvalue weighted by atomic mass is 10.1. The zero-order chi connectivity index (χ0) is 12.5. The normalized spacial score (nSPS) is 12.1. The molecule has 3 heteroatoms. The summed E-state index contributed by atoms with van der Waals surface area (Å²) in [7, 11) is 1.66. The standard InChI is InChI=1S/C14H22N2O/c1-12(14(17)15-2)16-11-7-6-10-13-8-4-3-5-9-13/h3-5,8-9,12,16H,6-7,10-11H2,1-2H3,(H,15,17). The fourth-order valence-electron chi connectivity index (χ4n) is 1.73. The van der Waals surface area contributed by atoms with E-state index in [9.17, 15) is 4.79 Å². The number of aryl methyl sites for hydroxylation is 1. The third-order valence-corrected chi connectivity index (χ3v) is 2.83. The summed E-state index contributed by atoms with van der Waals surface area (Å²) < 4.78 is 0. The Labute approximate surface area is 104 Å². The van der Waals surface area contributed by atoms with Crippen LogP contribution in [0, 0.1) is 0 Å². The Kier molecular flexibility index (Phi) is 6.33. The number of carbonyl (C=O) groups is 1. The van der Waals surface area contributed by atoms with Crippen molar-refractivity contribution in [1.29, 1.82) is 0 Å². The number of rotatable bonds is 7. The third kappa shape index (κ3) is 5.50. The molecule has 3 nitrogen and oxygen atoms in total. The van der Waals surface area contributed by atoms with Gasteiger partial charge in [0.25, 0.3) is 0 Å². The van der Waals surface area contributed by atoms with Gasteiger partial charge in [0, 0.05) is 7.05 Å². The van der Waals surface area contributed by atoms with Crippen LogP contribution in [0.1, 0.15) is 25.3 Å². The molecule has 17 heavy (non-hydrogen) atoms. The zero-order valence-electron chi connectivity index (χ0n) is 10.7. The maximum Gasteiger partial charge on any atom is 0.236 e. The lowest BCUT2D eigenvalue weighted by Crippen LogP contribution is -2.40. The molecule has 1 unspecified atom stereocenters. The van der Waals surface area contributed by atoms with Gasteiger partial charge in [-0.05, 0) is 38.3 Å². The van der Waals surface area contributed by atoms with Crippen LogP contribution in [0.5, 0.6) is 0 Å². The molecule has 0 saturated carbocycles. The van der Waals surface area contributed by atoms with Crippen molar-refractivity contribution in [2.45, 2.75) is 32.2 Å². The molecule has 0 spiro atoms. The minimum absolute atomic E-state index is 0.0491. The number of carbonyl (C=O) groups excluding carboxylic acids is 1. The largest absolute Gasteiger partial charge is 0.358 e. The topological polar surface area (TPSA) is 41.1 Å². The first kappa shape index (κ1) is 13.7. The lowest BCUT2D eigenvalue weighted by molar-refractivity contribution is -0.122. The van der Waals surface area contributed by atoms with Crippen LogP contribution in [0.15, 0.2) is 30.3 Å². The van der Waals surface area contributed by atoms with Crippen molar-refractivity contribution in [3.8, 4) is 0 Å². The summed E-state index contributed by atoms with van der Waals surface area (Å²) in [6, 6.07) is 10.4. The SMILES string of the molecule is CNC(=O)C(C)NCCCCc1ccccc1. The Bertz CT molecular complexity index is 324. The van der Waals surface area contributed by atoms with Crippen LogP contribution >= 0.6 is 0 Å². The van der Waals surface area contributed by atoms with E-state index in [0.29, 0.717) is 0 Å². The Morgan fingerprint density at radius 3 is 2.59 bits per heavy atom. The molecule has 0 bridgehead atoms. The van der Waals surface area contributed by atoms with E-state index in [2.05, 4.69) is 34.9 Å². The third-order valence-electron chi connectivity index (χ3n) is 2.83. The Morgan fingerprint density at radius 1 is 1.24 bits per heavy atom. The molecule has 0 aromatic heterocycles. The molecule has 0 aliphatic heterocycles. The highest BCUT2D eigenvalue weighted by Gasteiger charge is 2.08. The second kappa shape index (κ2) is 7.85. The van der Waals surface area contributed by atoms with Crippen molar-refractivity contribution in [3.63, 3.8) is 0 Å². The van der Waals surface area contributed by atoms with E-state index in [-0.39, 0.29) is 11.9 Å². The number of hydrogen-bond acceptors (Lipinski definition) is 2. The van der Waals surface area contributed by atoms with Crippen LogP contribution < -0.4 is 10.6 Å². The van der Waals surface area contributed by atoms with E-state index < -0.39 is 0 Å². The molecule has 1 amide bonds. The summed E-state index contributed by atoms with van der Waals surface area (Å²) >= 11 is 0. The van der Waals surface area contributed by atoms with Gasteiger partial charge in [0.15, 0.2) is 0 Å². The summed E-state index contributed by atoms with van der Waals surface area (Å²) in [5, 5.41) is 5.84. The van der Waals surface area contributed by atoms with E-state index in [1.54, 1.807) is 7.05 Å². The second-order valence-electron chi connectivity index (χ2n) is 4.23. The van der Waals surface area contributed by atoms with E-state index in [4.69, 9.17) is 0 Å². The van der Waals surface area contributed by atoms with E-state index in [1.165, 1.54) is 5.56 Å². The molecule has 1 aromatic rings. The predicted molar refractivity (Wildman–Crippen MR) is 70.9 cm³/mol. The first-order valence-corrected chi connectivity index (χ1v) is 6.23. The minimum atomic E-state index is -0.100. The number of likely N-dealkylation sites (N-methyl/N-ethyl adjacent to an activating group) is 1. The van der Waals surface area contributed by atoms with Crippen LogP contribution in [0.4, 0.5) is 0 Å². The van der Waals surface area contributed by atoms with Gasteiger partial charge in [-0.15, -0.1) is 0 Å². The van der Waals surface area contributed by atoms with Crippen molar-refractivity contribution in [1.82, 2.24) is 10.6 Å². The number of benzene rings is 1. The Balaban J connectivity index is 2.07. The second-order valence-corrected chi connectivity index (χ2v) is 4.23. The quantitative estimate of drug-likeness (QED) is 0.706. The van der Waals surface area contributed by atoms with E-state index >= 15 is 0 Å². The molecule has 0 heterocycles. The monoisotopic (exact) mass is 234 g/mol. The maximum absolute atomic E-state index is 11.2. The molecule has 0 aliphatic carbocycles. The molecule has 2 N–H and O–H groups in total. The average Bonchev–Trinajstić information content (AvgIpc) is 2.38. The molecule has 0 saturated heterocycles. The van der Waals surface area contributed by atoms with E-state index in [1.807, 2.05) is 13.0 Å². The smallest absolute Gasteiger partial charge is 0.236 e. The summed E-state index contributed by atoms with van der Waals surface area (Å²) in [6.07, 6.45) is 3.35. The van der Waals surface area contributed by atoms with Crippen molar-refractivity contribution < 1.29 is 4.79 Å². The highest BCUT2D eigenvalue weighted by Crippen LogP contribution is 2.03. The number of unbranched alkanes of at least 4 members (excludes halogenated alkanes) is 1. The van der Waals surface area contributed by atoms with Gasteiger partial charge in [0.2, 0.25) is 5.91 Å². The lowest BCUT2D eigenvalue weighted by Gasteiger charge is -2.11. The highest BCUT2D eigenvalue weighted by atomic mass is 16.2. The van der Waals surface area contributed by atoms with Crippen molar-refractivity contribution in [2.75, 3.05) is 13.6 Å². The molecular formula is C14H22N2O. The highest BCUT2D eigenvalue weighted by molar-refractivity contribution is 5.80. The first-order chi connectivity index (χ1) is 8.24. The summed E-state index contributed by atoms with van der Waals surface area (Å²) in [5.74, 6) is 0.0491. The van der Waals surface area contributed by atoms with Gasteiger partial charge in [-0.3, -0.25) is 4.79 Å². The molecule has 0 fully saturated rings. The summed E-state index contributed by atoms with van der Waals surface area (Å²) in [5.41, 5.74) is 1.38. The molecular weight excluding hydrogens is 212 g/mol. The molecule has 94 valence electrons. The van der Waals surface area contributed by atoms with Gasteiger partial charge in [0.1, 0.15) is 0 Å². The molecule has 1 atom stereocenters. The molecule has 1 rings (SSSR count). The van der Waals surface area contributed by atoms with Gasteiger partial charge in [0.05, 0.1) is 6.04 Å². The van der Waals surface area contributed by atoms with Crippen LogP contribution in [0.25, 0.3) is 0 Å². The van der Waals surface area contributed by atoms with Crippen LogP contribution in [0.2, 0.25) is 0 Å². The number of amides is 1. The zero-order valence-corrected chi connectivity index (χ0v) is 10.7. The maximum atomic E-state index is 11.2. The summed E-state index contributed by atoms with van der Waals surface area (Å²) in [6.45, 7) is 2.78. The van der Waals surface area contributed by atoms with Crippen molar-refractivity contribution in [2.24, 2.45) is 0 Å². The Morgan fingerprint density at radius 2 is 1.94 bits per heavy atom. The van der Waals surface area contributed by atoms with Gasteiger partial charge >= 0.3 is 0 Å². The first-order valence-electron chi connectivity index (χ1n) is 6.23. The molecule has 1 aromatic carbocycles. The molecule has 0 radical (unpaired) electrons. The minimum Gasteiger partial charge on any atom is -0.358 e. The Hall–Kier alpha value is -1.35. The predicted octanol–water partition coefficient (Wildman–Crippen LogP) is 1.73. The van der Waals surface area contributed by atoms with Gasteiger partial charge in [-0.2, -0.15) is 0 Å². The van der Waals surface area contributed by atoms with Crippen molar-refractivity contribution in [3.05, 3.63) is 35.9 Å². The van der Waals surface area contributed by atoms with Gasteiger partial charge in [-0.25, -0.2) is 0 Å².